The number of H-pyrrole nitrogens is 1. The van der Waals surface area contributed by atoms with E-state index in [0.29, 0.717) is 40.2 Å². The van der Waals surface area contributed by atoms with E-state index >= 15 is 0 Å². The molecule has 7 rings (SSSR count). The first-order valence-corrected chi connectivity index (χ1v) is 13.6. The summed E-state index contributed by atoms with van der Waals surface area (Å²) in [5.74, 6) is 0.627. The second-order valence-corrected chi connectivity index (χ2v) is 10.3. The van der Waals surface area contributed by atoms with Crippen LogP contribution in [0.1, 0.15) is 49.2 Å². The molecule has 5 aromatic rings. The molecule has 0 spiro atoms. The van der Waals surface area contributed by atoms with Crippen LogP contribution in [0, 0.1) is 5.82 Å². The zero-order valence-corrected chi connectivity index (χ0v) is 21.8. The molecule has 2 N–H and O–H groups in total. The van der Waals surface area contributed by atoms with Crippen LogP contribution in [-0.4, -0.2) is 48.4 Å². The summed E-state index contributed by atoms with van der Waals surface area (Å²) in [4.78, 5) is 26.7. The third-order valence-corrected chi connectivity index (χ3v) is 7.53. The molecule has 0 amide bonds. The summed E-state index contributed by atoms with van der Waals surface area (Å²) < 4.78 is 20.3. The molecule has 1 aliphatic heterocycles. The van der Waals surface area contributed by atoms with Gasteiger partial charge in [0.1, 0.15) is 23.0 Å². The Hall–Kier alpha value is -4.66. The number of aromatic nitrogens is 5. The Morgan fingerprint density at radius 1 is 0.900 bits per heavy atom. The smallest absolute Gasteiger partial charge is 0.159 e. The minimum atomic E-state index is -0.534. The Kier molecular flexibility index (Phi) is 6.18. The minimum Gasteiger partial charge on any atom is -0.508 e. The van der Waals surface area contributed by atoms with E-state index in [9.17, 15) is 9.50 Å². The summed E-state index contributed by atoms with van der Waals surface area (Å²) in [6.07, 6.45) is 13.7. The highest BCUT2D eigenvalue weighted by Crippen LogP contribution is 2.31. The predicted molar refractivity (Wildman–Crippen MR) is 150 cm³/mol. The molecular formula is C31H27FN6O2. The number of nitrogens with zero attached hydrogens (tertiary/aromatic N) is 5. The van der Waals surface area contributed by atoms with Gasteiger partial charge in [0.05, 0.1) is 40.9 Å². The lowest BCUT2D eigenvalue weighted by molar-refractivity contribution is 0.154. The zero-order chi connectivity index (χ0) is 27.1. The van der Waals surface area contributed by atoms with Gasteiger partial charge in [0.25, 0.3) is 0 Å². The maximum Gasteiger partial charge on any atom is 0.159 e. The average molecular weight is 535 g/mol. The maximum absolute atomic E-state index is 14.0. The zero-order valence-electron chi connectivity index (χ0n) is 21.8. The van der Waals surface area contributed by atoms with Crippen LogP contribution >= 0.6 is 0 Å². The SMILES string of the molecule is Oc1cc(F)cc(-c2cncc3[nH]c(C4=NCCc5ccc(-c6cncc(OC7CCCCC7)c6)nc54)nc23)c1. The molecule has 1 aliphatic carbocycles. The van der Waals surface area contributed by atoms with E-state index in [-0.39, 0.29) is 11.9 Å². The molecule has 200 valence electrons. The van der Waals surface area contributed by atoms with Crippen molar-refractivity contribution in [1.29, 1.82) is 0 Å². The fraction of sp³-hybridized carbons (Fsp3) is 0.258. The lowest BCUT2D eigenvalue weighted by atomic mass is 9.98. The molecule has 1 saturated carbocycles. The number of benzene rings is 1. The molecule has 0 bridgehead atoms. The lowest BCUT2D eigenvalue weighted by Gasteiger charge is -2.23. The first-order chi connectivity index (χ1) is 19.6. The predicted octanol–water partition coefficient (Wildman–Crippen LogP) is 6.03. The number of nitrogens with one attached hydrogen (secondary N) is 1. The highest BCUT2D eigenvalue weighted by atomic mass is 19.1. The fourth-order valence-corrected chi connectivity index (χ4v) is 5.59. The number of ether oxygens (including phenoxy) is 1. The fourth-order valence-electron chi connectivity index (χ4n) is 5.59. The van der Waals surface area contributed by atoms with Crippen LogP contribution in [-0.2, 0) is 6.42 Å². The van der Waals surface area contributed by atoms with E-state index in [1.54, 1.807) is 24.8 Å². The molecule has 0 radical (unpaired) electrons. The van der Waals surface area contributed by atoms with Crippen molar-refractivity contribution in [3.63, 3.8) is 0 Å². The van der Waals surface area contributed by atoms with Crippen molar-refractivity contribution in [3.8, 4) is 33.9 Å². The van der Waals surface area contributed by atoms with Crippen molar-refractivity contribution >= 4 is 16.7 Å². The van der Waals surface area contributed by atoms with Gasteiger partial charge in [-0.2, -0.15) is 0 Å². The number of phenols is 1. The van der Waals surface area contributed by atoms with Gasteiger partial charge >= 0.3 is 0 Å². The van der Waals surface area contributed by atoms with Gasteiger partial charge in [-0.3, -0.25) is 15.0 Å². The van der Waals surface area contributed by atoms with Crippen LogP contribution in [0.2, 0.25) is 0 Å². The number of hydrogen-bond donors (Lipinski definition) is 2. The number of aliphatic imine (C=N–C) groups is 1. The van der Waals surface area contributed by atoms with Crippen LogP contribution in [0.25, 0.3) is 33.4 Å². The van der Waals surface area contributed by atoms with Crippen LogP contribution in [0.3, 0.4) is 0 Å². The Bertz CT molecular complexity index is 1740. The van der Waals surface area contributed by atoms with E-state index in [1.807, 2.05) is 12.1 Å². The molecule has 1 aromatic carbocycles. The van der Waals surface area contributed by atoms with Gasteiger partial charge in [-0.05, 0) is 67.5 Å². The van der Waals surface area contributed by atoms with Crippen molar-refractivity contribution in [2.24, 2.45) is 4.99 Å². The Morgan fingerprint density at radius 2 is 1.77 bits per heavy atom. The first kappa shape index (κ1) is 24.4. The number of halogens is 1. The summed E-state index contributed by atoms with van der Waals surface area (Å²) in [5.41, 5.74) is 6.56. The molecular weight excluding hydrogens is 507 g/mol. The standard InChI is InChI=1S/C31H27FN6O2/c32-21-10-19(11-22(39)13-21)25-16-34-17-27-29(25)38-31(37-27)30-28-18(8-9-35-30)6-7-26(36-28)20-12-24(15-33-14-20)40-23-4-2-1-3-5-23/h6-7,10-17,23,39H,1-5,8-9H2,(H,37,38). The second kappa shape index (κ2) is 10.1. The number of fused-ring (bicyclic) bond motifs is 2. The highest BCUT2D eigenvalue weighted by Gasteiger charge is 2.23. The highest BCUT2D eigenvalue weighted by molar-refractivity contribution is 6.12. The van der Waals surface area contributed by atoms with Crippen molar-refractivity contribution in [3.05, 3.63) is 84.1 Å². The van der Waals surface area contributed by atoms with Gasteiger partial charge in [-0.25, -0.2) is 14.4 Å². The van der Waals surface area contributed by atoms with Crippen molar-refractivity contribution in [1.82, 2.24) is 24.9 Å². The molecule has 4 aromatic heterocycles. The summed E-state index contributed by atoms with van der Waals surface area (Å²) in [7, 11) is 0. The average Bonchev–Trinajstić information content (AvgIpc) is 3.41. The third kappa shape index (κ3) is 4.68. The number of phenolic OH excluding ortho intramolecular Hbond substituents is 1. The Labute approximate surface area is 230 Å². The molecule has 0 atom stereocenters. The molecule has 8 nitrogen and oxygen atoms in total. The number of rotatable bonds is 5. The number of aromatic amines is 1. The van der Waals surface area contributed by atoms with E-state index in [0.717, 1.165) is 53.6 Å². The number of aromatic hydroxyl groups is 1. The van der Waals surface area contributed by atoms with Crippen molar-refractivity contribution in [2.45, 2.75) is 44.6 Å². The Balaban J connectivity index is 1.24. The molecule has 9 heteroatoms. The molecule has 40 heavy (non-hydrogen) atoms. The van der Waals surface area contributed by atoms with E-state index in [2.05, 4.69) is 21.0 Å². The van der Waals surface area contributed by atoms with E-state index < -0.39 is 5.82 Å². The topological polar surface area (TPSA) is 109 Å². The third-order valence-electron chi connectivity index (χ3n) is 7.53. The Morgan fingerprint density at radius 3 is 2.65 bits per heavy atom. The van der Waals surface area contributed by atoms with Gasteiger partial charge in [0, 0.05) is 36.1 Å². The van der Waals surface area contributed by atoms with Crippen molar-refractivity contribution < 1.29 is 14.2 Å². The largest absolute Gasteiger partial charge is 0.508 e. The number of hydrogen-bond acceptors (Lipinski definition) is 7. The number of pyridine rings is 3. The molecule has 2 aliphatic rings. The molecule has 0 saturated heterocycles. The molecule has 0 unspecified atom stereocenters. The normalized spacial score (nSPS) is 15.6. The van der Waals surface area contributed by atoms with Crippen molar-refractivity contribution in [2.75, 3.05) is 6.54 Å². The van der Waals surface area contributed by atoms with E-state index in [4.69, 9.17) is 19.7 Å². The lowest BCUT2D eigenvalue weighted by Crippen LogP contribution is -2.19. The van der Waals surface area contributed by atoms with Gasteiger partial charge < -0.3 is 14.8 Å². The minimum absolute atomic E-state index is 0.159. The first-order valence-electron chi connectivity index (χ1n) is 13.6. The number of imidazole rings is 1. The summed E-state index contributed by atoms with van der Waals surface area (Å²) in [6.45, 7) is 0.621. The summed E-state index contributed by atoms with van der Waals surface area (Å²) in [5, 5.41) is 9.94. The van der Waals surface area contributed by atoms with E-state index in [1.165, 1.54) is 31.4 Å². The molecule has 5 heterocycles. The van der Waals surface area contributed by atoms with Crippen LogP contribution in [0.15, 0.2) is 66.2 Å². The van der Waals surface area contributed by atoms with Gasteiger partial charge in [-0.1, -0.05) is 12.5 Å². The van der Waals surface area contributed by atoms with Gasteiger partial charge in [0.2, 0.25) is 0 Å². The summed E-state index contributed by atoms with van der Waals surface area (Å²) >= 11 is 0. The summed E-state index contributed by atoms with van der Waals surface area (Å²) in [6, 6.07) is 10.0. The maximum atomic E-state index is 14.0. The monoisotopic (exact) mass is 534 g/mol. The molecule has 1 fully saturated rings. The van der Waals surface area contributed by atoms with Gasteiger partial charge in [0.15, 0.2) is 5.82 Å². The second-order valence-electron chi connectivity index (χ2n) is 10.3. The van der Waals surface area contributed by atoms with Crippen LogP contribution in [0.4, 0.5) is 4.39 Å². The van der Waals surface area contributed by atoms with Crippen LogP contribution < -0.4 is 4.74 Å². The van der Waals surface area contributed by atoms with Crippen LogP contribution in [0.5, 0.6) is 11.5 Å². The van der Waals surface area contributed by atoms with Gasteiger partial charge in [-0.15, -0.1) is 0 Å². The quantitative estimate of drug-likeness (QED) is 0.285.